The Bertz CT molecular complexity index is 1500. The third-order valence-electron chi connectivity index (χ3n) is 6.01. The van der Waals surface area contributed by atoms with E-state index in [1.54, 1.807) is 37.5 Å². The number of rotatable bonds is 5. The van der Waals surface area contributed by atoms with Gasteiger partial charge in [-0.15, -0.1) is 11.3 Å². The molecular formula is C23H22N4O5S. The molecule has 170 valence electrons. The Morgan fingerprint density at radius 2 is 2.00 bits per heavy atom. The first kappa shape index (κ1) is 21.3. The molecule has 0 bridgehead atoms. The second kappa shape index (κ2) is 7.80. The van der Waals surface area contributed by atoms with Gasteiger partial charge in [0.15, 0.2) is 12.4 Å². The average Bonchev–Trinajstić information content (AvgIpc) is 3.53. The number of Topliss-reactive ketones (excluding diaryl/α,β-unsaturated/α-hetero) is 1. The highest BCUT2D eigenvalue weighted by Crippen LogP contribution is 2.29. The summed E-state index contributed by atoms with van der Waals surface area (Å²) in [6.07, 6.45) is 1.65. The number of aryl methyl sites for hydroxylation is 4. The summed E-state index contributed by atoms with van der Waals surface area (Å²) in [7, 11) is 0. The number of hydrogen-bond acceptors (Lipinski definition) is 8. The van der Waals surface area contributed by atoms with Gasteiger partial charge in [-0.3, -0.25) is 18.7 Å². The number of ketones is 1. The van der Waals surface area contributed by atoms with E-state index in [0.717, 1.165) is 35.7 Å². The van der Waals surface area contributed by atoms with Gasteiger partial charge in [-0.25, -0.2) is 9.78 Å². The molecule has 0 aliphatic carbocycles. The minimum Gasteiger partial charge on any atom is -0.453 e. The highest BCUT2D eigenvalue weighted by atomic mass is 32.1. The first-order valence-corrected chi connectivity index (χ1v) is 11.4. The predicted octanol–water partition coefficient (Wildman–Crippen LogP) is 3.46. The van der Waals surface area contributed by atoms with E-state index < -0.39 is 12.6 Å². The van der Waals surface area contributed by atoms with E-state index in [1.165, 1.54) is 0 Å². The number of hydrogen-bond donors (Lipinski definition) is 0. The van der Waals surface area contributed by atoms with E-state index >= 15 is 0 Å². The molecule has 10 heteroatoms. The van der Waals surface area contributed by atoms with Crippen LogP contribution in [0, 0.1) is 27.7 Å². The second-order valence-electron chi connectivity index (χ2n) is 8.24. The highest BCUT2D eigenvalue weighted by Gasteiger charge is 2.25. The van der Waals surface area contributed by atoms with Gasteiger partial charge in [-0.1, -0.05) is 5.16 Å². The van der Waals surface area contributed by atoms with Gasteiger partial charge in [0, 0.05) is 36.0 Å². The van der Waals surface area contributed by atoms with Crippen LogP contribution in [0.2, 0.25) is 0 Å². The molecule has 0 radical (unpaired) electrons. The fourth-order valence-electron chi connectivity index (χ4n) is 4.40. The van der Waals surface area contributed by atoms with Gasteiger partial charge in [0.25, 0.3) is 5.56 Å². The highest BCUT2D eigenvalue weighted by molar-refractivity contribution is 7.20. The minimum absolute atomic E-state index is 0.119. The van der Waals surface area contributed by atoms with Crippen LogP contribution < -0.4 is 5.56 Å². The molecule has 0 saturated heterocycles. The summed E-state index contributed by atoms with van der Waals surface area (Å²) in [4.78, 5) is 43.9. The molecule has 0 aromatic carbocycles. The Hall–Kier alpha value is -3.53. The van der Waals surface area contributed by atoms with Crippen LogP contribution in [0.25, 0.3) is 16.0 Å². The summed E-state index contributed by atoms with van der Waals surface area (Å²) >= 11 is 1.14. The van der Waals surface area contributed by atoms with Crippen molar-refractivity contribution >= 4 is 33.3 Å². The van der Waals surface area contributed by atoms with Crippen molar-refractivity contribution in [2.75, 3.05) is 6.61 Å². The smallest absolute Gasteiger partial charge is 0.349 e. The van der Waals surface area contributed by atoms with Crippen LogP contribution in [0.4, 0.5) is 0 Å². The van der Waals surface area contributed by atoms with Gasteiger partial charge in [-0.05, 0) is 45.7 Å². The van der Waals surface area contributed by atoms with E-state index in [9.17, 15) is 14.4 Å². The summed E-state index contributed by atoms with van der Waals surface area (Å²) in [6.45, 7) is 7.42. The molecule has 0 fully saturated rings. The van der Waals surface area contributed by atoms with Crippen LogP contribution in [-0.2, 0) is 17.7 Å². The number of nitrogens with zero attached hydrogens (tertiary/aromatic N) is 4. The number of aromatic nitrogens is 4. The van der Waals surface area contributed by atoms with Crippen molar-refractivity contribution in [2.45, 2.75) is 47.1 Å². The maximum absolute atomic E-state index is 12.9. The molecule has 4 aromatic heterocycles. The molecule has 4 aromatic rings. The summed E-state index contributed by atoms with van der Waals surface area (Å²) in [5.74, 6) is 1.05. The quantitative estimate of drug-likeness (QED) is 0.327. The zero-order valence-corrected chi connectivity index (χ0v) is 19.5. The fraction of sp³-hybridized carbons (Fsp3) is 0.348. The van der Waals surface area contributed by atoms with Crippen molar-refractivity contribution in [3.63, 3.8) is 0 Å². The largest absolute Gasteiger partial charge is 0.453 e. The van der Waals surface area contributed by atoms with Crippen molar-refractivity contribution in [2.24, 2.45) is 0 Å². The average molecular weight is 467 g/mol. The number of carbonyl (C=O) groups excluding carboxylic acids is 2. The molecule has 5 heterocycles. The molecule has 5 rings (SSSR count). The molecule has 1 aliphatic rings. The van der Waals surface area contributed by atoms with Gasteiger partial charge in [-0.2, -0.15) is 0 Å². The fourth-order valence-corrected chi connectivity index (χ4v) is 5.48. The Morgan fingerprint density at radius 3 is 2.73 bits per heavy atom. The Balaban J connectivity index is 1.37. The summed E-state index contributed by atoms with van der Waals surface area (Å²) in [5, 5.41) is 4.47. The predicted molar refractivity (Wildman–Crippen MR) is 122 cm³/mol. The van der Waals surface area contributed by atoms with Gasteiger partial charge in [0.05, 0.1) is 5.39 Å². The van der Waals surface area contributed by atoms with Gasteiger partial charge >= 0.3 is 5.97 Å². The molecule has 0 N–H and O–H groups in total. The van der Waals surface area contributed by atoms with Crippen molar-refractivity contribution in [1.29, 1.82) is 0 Å². The van der Waals surface area contributed by atoms with E-state index in [2.05, 4.69) is 10.1 Å². The van der Waals surface area contributed by atoms with Crippen LogP contribution in [0.15, 0.2) is 21.5 Å². The van der Waals surface area contributed by atoms with E-state index in [-0.39, 0.29) is 11.3 Å². The van der Waals surface area contributed by atoms with Crippen LogP contribution in [0.5, 0.6) is 0 Å². The molecule has 0 amide bonds. The molecule has 0 atom stereocenters. The molecule has 0 unspecified atom stereocenters. The number of esters is 1. The second-order valence-corrected chi connectivity index (χ2v) is 9.24. The van der Waals surface area contributed by atoms with Crippen molar-refractivity contribution in [3.05, 3.63) is 61.5 Å². The third kappa shape index (κ3) is 3.41. The number of carbonyl (C=O) groups is 2. The SMILES string of the molecule is Cc1cc(-n2c(C)cc(C(=O)COC(=O)c3sc4nc5n(c(=O)c4c3C)CCC5)c2C)no1. The summed E-state index contributed by atoms with van der Waals surface area (Å²) < 4.78 is 14.0. The number of ether oxygens (including phenoxy) is 1. The van der Waals surface area contributed by atoms with Gasteiger partial charge in [0.1, 0.15) is 21.3 Å². The molecule has 0 saturated carbocycles. The standard InChI is InChI=1S/C23H22N4O5S/c1-11-8-15(14(4)27(11)18-9-12(2)32-25-18)16(28)10-31-23(30)20-13(3)19-21(33-20)24-17-6-5-7-26(17)22(19)29/h8-9H,5-7,10H2,1-4H3. The number of fused-ring (bicyclic) bond motifs is 2. The minimum atomic E-state index is -0.630. The van der Waals surface area contributed by atoms with Crippen molar-refractivity contribution in [1.82, 2.24) is 19.3 Å². The van der Waals surface area contributed by atoms with E-state index in [1.807, 2.05) is 11.5 Å². The molecule has 33 heavy (non-hydrogen) atoms. The Morgan fingerprint density at radius 1 is 1.21 bits per heavy atom. The third-order valence-corrected chi connectivity index (χ3v) is 7.17. The molecule has 1 aliphatic heterocycles. The Kier molecular flexibility index (Phi) is 5.04. The van der Waals surface area contributed by atoms with Crippen LogP contribution in [0.1, 0.15) is 55.0 Å². The normalized spacial score (nSPS) is 13.0. The van der Waals surface area contributed by atoms with E-state index in [0.29, 0.717) is 50.0 Å². The zero-order chi connectivity index (χ0) is 23.4. The van der Waals surface area contributed by atoms with Crippen LogP contribution >= 0.6 is 11.3 Å². The molecule has 0 spiro atoms. The van der Waals surface area contributed by atoms with Gasteiger partial charge < -0.3 is 9.26 Å². The van der Waals surface area contributed by atoms with Gasteiger partial charge in [0.2, 0.25) is 5.78 Å². The summed E-state index contributed by atoms with van der Waals surface area (Å²) in [5.41, 5.74) is 2.38. The lowest BCUT2D eigenvalue weighted by Gasteiger charge is -2.06. The lowest BCUT2D eigenvalue weighted by atomic mass is 10.1. The van der Waals surface area contributed by atoms with Crippen molar-refractivity contribution in [3.8, 4) is 5.82 Å². The maximum atomic E-state index is 12.9. The molecular weight excluding hydrogens is 444 g/mol. The lowest BCUT2D eigenvalue weighted by molar-refractivity contribution is 0.0479. The monoisotopic (exact) mass is 466 g/mol. The molecule has 9 nitrogen and oxygen atoms in total. The van der Waals surface area contributed by atoms with E-state index in [4.69, 9.17) is 9.26 Å². The topological polar surface area (TPSA) is 109 Å². The Labute approximate surface area is 192 Å². The first-order chi connectivity index (χ1) is 15.8. The lowest BCUT2D eigenvalue weighted by Crippen LogP contribution is -2.20. The maximum Gasteiger partial charge on any atom is 0.349 e. The number of thiophene rings is 1. The van der Waals surface area contributed by atoms with Crippen LogP contribution in [-0.4, -0.2) is 37.6 Å². The van der Waals surface area contributed by atoms with Crippen molar-refractivity contribution < 1.29 is 18.8 Å². The summed E-state index contributed by atoms with van der Waals surface area (Å²) in [6, 6.07) is 3.53. The first-order valence-electron chi connectivity index (χ1n) is 10.6. The zero-order valence-electron chi connectivity index (χ0n) is 18.7. The van der Waals surface area contributed by atoms with Crippen LogP contribution in [0.3, 0.4) is 0 Å².